The van der Waals surface area contributed by atoms with Gasteiger partial charge in [-0.15, -0.1) is 0 Å². The molecule has 200 valence electrons. The molecule has 9 nitrogen and oxygen atoms in total. The van der Waals surface area contributed by atoms with E-state index in [1.54, 1.807) is 37.0 Å². The molecule has 1 saturated heterocycles. The summed E-state index contributed by atoms with van der Waals surface area (Å²) in [6.07, 6.45) is 5.56. The van der Waals surface area contributed by atoms with Crippen LogP contribution in [0.5, 0.6) is 11.5 Å². The number of hydrogen-bond donors (Lipinski definition) is 2. The number of carboxylic acids is 1. The summed E-state index contributed by atoms with van der Waals surface area (Å²) >= 11 is 0. The molecule has 1 aliphatic heterocycles. The Hall–Kier alpha value is -2.97. The molecule has 1 heterocycles. The minimum absolute atomic E-state index is 0.0594. The molecule has 36 heavy (non-hydrogen) atoms. The Kier molecular flexibility index (Phi) is 9.45. The summed E-state index contributed by atoms with van der Waals surface area (Å²) in [5, 5.41) is 13.0. The number of hydrogen-bond acceptors (Lipinski definition) is 5. The zero-order valence-corrected chi connectivity index (χ0v) is 22.2. The van der Waals surface area contributed by atoms with Crippen LogP contribution in [0.1, 0.15) is 64.9 Å². The third-order valence-electron chi connectivity index (χ3n) is 7.31. The van der Waals surface area contributed by atoms with E-state index in [9.17, 15) is 19.5 Å². The Morgan fingerprint density at radius 3 is 2.19 bits per heavy atom. The number of carboxylic acid groups (broad SMARTS) is 1. The molecule has 2 unspecified atom stereocenters. The molecule has 2 fully saturated rings. The van der Waals surface area contributed by atoms with E-state index in [-0.39, 0.29) is 37.0 Å². The molecule has 3 rings (SSSR count). The van der Waals surface area contributed by atoms with Crippen LogP contribution in [0.2, 0.25) is 0 Å². The second kappa shape index (κ2) is 12.3. The van der Waals surface area contributed by atoms with Gasteiger partial charge in [0.15, 0.2) is 0 Å². The Balaban J connectivity index is 1.94. The molecule has 9 heteroatoms. The van der Waals surface area contributed by atoms with Crippen molar-refractivity contribution in [3.05, 3.63) is 23.8 Å². The van der Waals surface area contributed by atoms with Crippen LogP contribution in [-0.2, 0) is 16.1 Å². The molecule has 1 aliphatic carbocycles. The van der Waals surface area contributed by atoms with E-state index in [0.717, 1.165) is 37.7 Å². The highest BCUT2D eigenvalue weighted by Gasteiger charge is 2.47. The van der Waals surface area contributed by atoms with Gasteiger partial charge in [-0.3, -0.25) is 9.59 Å². The van der Waals surface area contributed by atoms with Gasteiger partial charge in [-0.05, 0) is 49.8 Å². The number of nitrogens with zero attached hydrogens (tertiary/aromatic N) is 2. The van der Waals surface area contributed by atoms with Crippen molar-refractivity contribution in [2.45, 2.75) is 84.0 Å². The summed E-state index contributed by atoms with van der Waals surface area (Å²) < 4.78 is 10.8. The standard InChI is InChI=1S/C27H41N3O6/c1-17(2)11-23-25(31)29(15-19-12-21(35-4)14-22(13-19)36-5)16-24(18(3)26(32)33)30(23)27(34)28-20-9-7-6-8-10-20/h12-14,17-18,20,23-24H,6-11,15-16H2,1-5H3,(H,28,34)(H,32,33)/t18?,23-,24?/m0/s1. The minimum Gasteiger partial charge on any atom is -0.497 e. The Bertz CT molecular complexity index is 908. The number of aliphatic carboxylic acids is 1. The molecule has 1 aromatic carbocycles. The molecule has 2 N–H and O–H groups in total. The van der Waals surface area contributed by atoms with Gasteiger partial charge in [-0.2, -0.15) is 0 Å². The number of piperazine rings is 1. The lowest BCUT2D eigenvalue weighted by molar-refractivity contribution is -0.153. The van der Waals surface area contributed by atoms with Gasteiger partial charge in [0.1, 0.15) is 17.5 Å². The highest BCUT2D eigenvalue weighted by atomic mass is 16.5. The average molecular weight is 504 g/mol. The second-order valence-electron chi connectivity index (χ2n) is 10.5. The zero-order chi connectivity index (χ0) is 26.4. The van der Waals surface area contributed by atoms with Crippen LogP contribution >= 0.6 is 0 Å². The van der Waals surface area contributed by atoms with Crippen LogP contribution in [0.3, 0.4) is 0 Å². The van der Waals surface area contributed by atoms with Gasteiger partial charge in [-0.1, -0.05) is 33.1 Å². The zero-order valence-electron chi connectivity index (χ0n) is 22.2. The predicted molar refractivity (Wildman–Crippen MR) is 136 cm³/mol. The van der Waals surface area contributed by atoms with E-state index in [1.807, 2.05) is 26.0 Å². The molecule has 1 aromatic rings. The van der Waals surface area contributed by atoms with Gasteiger partial charge >= 0.3 is 12.0 Å². The lowest BCUT2D eigenvalue weighted by Crippen LogP contribution is -2.67. The summed E-state index contributed by atoms with van der Waals surface area (Å²) in [6.45, 7) is 6.03. The van der Waals surface area contributed by atoms with Gasteiger partial charge in [0, 0.05) is 25.2 Å². The summed E-state index contributed by atoms with van der Waals surface area (Å²) in [6, 6.07) is 3.78. The van der Waals surface area contributed by atoms with E-state index in [2.05, 4.69) is 5.32 Å². The van der Waals surface area contributed by atoms with E-state index in [1.165, 1.54) is 0 Å². The monoisotopic (exact) mass is 503 g/mol. The van der Waals surface area contributed by atoms with Gasteiger partial charge in [0.25, 0.3) is 0 Å². The third kappa shape index (κ3) is 6.62. The molecule has 3 atom stereocenters. The number of urea groups is 1. The van der Waals surface area contributed by atoms with Crippen LogP contribution < -0.4 is 14.8 Å². The summed E-state index contributed by atoms with van der Waals surface area (Å²) in [5.41, 5.74) is 0.810. The molecular weight excluding hydrogens is 462 g/mol. The van der Waals surface area contributed by atoms with Crippen LogP contribution in [-0.4, -0.2) is 71.7 Å². The van der Waals surface area contributed by atoms with Crippen LogP contribution in [0.15, 0.2) is 18.2 Å². The lowest BCUT2D eigenvalue weighted by Gasteiger charge is -2.48. The number of carbonyl (C=O) groups excluding carboxylic acids is 2. The molecule has 2 aliphatic rings. The molecule has 1 saturated carbocycles. The van der Waals surface area contributed by atoms with Gasteiger partial charge in [0.05, 0.1) is 26.2 Å². The van der Waals surface area contributed by atoms with Crippen molar-refractivity contribution in [3.8, 4) is 11.5 Å². The molecule has 0 bridgehead atoms. The number of methoxy groups -OCH3 is 2. The van der Waals surface area contributed by atoms with Crippen molar-refractivity contribution in [1.82, 2.24) is 15.1 Å². The fourth-order valence-corrected chi connectivity index (χ4v) is 5.30. The van der Waals surface area contributed by atoms with Gasteiger partial charge < -0.3 is 29.7 Å². The van der Waals surface area contributed by atoms with Crippen LogP contribution in [0.25, 0.3) is 0 Å². The first-order chi connectivity index (χ1) is 17.1. The SMILES string of the molecule is COc1cc(CN2CC(C(C)C(=O)O)N(C(=O)NC3CCCCC3)[C@@H](CC(C)C)C2=O)cc(OC)c1. The first-order valence-corrected chi connectivity index (χ1v) is 13.0. The molecule has 3 amide bonds. The largest absolute Gasteiger partial charge is 0.497 e. The second-order valence-corrected chi connectivity index (χ2v) is 10.5. The maximum absolute atomic E-state index is 13.8. The average Bonchev–Trinajstić information content (AvgIpc) is 2.85. The predicted octanol–water partition coefficient (Wildman–Crippen LogP) is 3.89. The Morgan fingerprint density at radius 1 is 1.06 bits per heavy atom. The summed E-state index contributed by atoms with van der Waals surface area (Å²) in [4.78, 5) is 42.7. The van der Waals surface area contributed by atoms with E-state index in [0.29, 0.717) is 17.9 Å². The van der Waals surface area contributed by atoms with Crippen molar-refractivity contribution in [1.29, 1.82) is 0 Å². The maximum Gasteiger partial charge on any atom is 0.318 e. The van der Waals surface area contributed by atoms with E-state index >= 15 is 0 Å². The van der Waals surface area contributed by atoms with Gasteiger partial charge in [-0.25, -0.2) is 4.79 Å². The Labute approximate surface area is 214 Å². The fraction of sp³-hybridized carbons (Fsp3) is 0.667. The smallest absolute Gasteiger partial charge is 0.318 e. The number of amides is 3. The van der Waals surface area contributed by atoms with Gasteiger partial charge in [0.2, 0.25) is 5.91 Å². The first kappa shape index (κ1) is 27.6. The first-order valence-electron chi connectivity index (χ1n) is 13.0. The van der Waals surface area contributed by atoms with Crippen molar-refractivity contribution < 1.29 is 29.0 Å². The number of nitrogens with one attached hydrogen (secondary N) is 1. The molecule has 0 radical (unpaired) electrons. The molecule has 0 aromatic heterocycles. The highest BCUT2D eigenvalue weighted by molar-refractivity contribution is 5.89. The molecular formula is C27H41N3O6. The fourth-order valence-electron chi connectivity index (χ4n) is 5.30. The van der Waals surface area contributed by atoms with Crippen molar-refractivity contribution >= 4 is 17.9 Å². The minimum atomic E-state index is -0.990. The summed E-state index contributed by atoms with van der Waals surface area (Å²) in [7, 11) is 3.13. The number of rotatable bonds is 9. The van der Waals surface area contributed by atoms with E-state index < -0.39 is 24.0 Å². The van der Waals surface area contributed by atoms with Crippen LogP contribution in [0, 0.1) is 11.8 Å². The van der Waals surface area contributed by atoms with Crippen molar-refractivity contribution in [3.63, 3.8) is 0 Å². The lowest BCUT2D eigenvalue weighted by atomic mass is 9.90. The van der Waals surface area contributed by atoms with E-state index in [4.69, 9.17) is 9.47 Å². The summed E-state index contributed by atoms with van der Waals surface area (Å²) in [5.74, 6) is -0.643. The number of ether oxygens (including phenoxy) is 2. The normalized spacial score (nSPS) is 21.9. The topological polar surface area (TPSA) is 108 Å². The number of benzene rings is 1. The quantitative estimate of drug-likeness (QED) is 0.529. The highest BCUT2D eigenvalue weighted by Crippen LogP contribution is 2.30. The number of carbonyl (C=O) groups is 3. The van der Waals surface area contributed by atoms with Crippen LogP contribution in [0.4, 0.5) is 4.79 Å². The van der Waals surface area contributed by atoms with Crippen molar-refractivity contribution in [2.24, 2.45) is 11.8 Å². The van der Waals surface area contributed by atoms with Crippen molar-refractivity contribution in [2.75, 3.05) is 20.8 Å². The Morgan fingerprint density at radius 2 is 1.67 bits per heavy atom. The molecule has 0 spiro atoms. The third-order valence-corrected chi connectivity index (χ3v) is 7.31. The maximum atomic E-state index is 13.8.